The van der Waals surface area contributed by atoms with Crippen molar-refractivity contribution < 1.29 is 9.59 Å². The summed E-state index contributed by atoms with van der Waals surface area (Å²) in [6.45, 7) is 5.59. The molecule has 0 fully saturated rings. The van der Waals surface area contributed by atoms with Gasteiger partial charge in [-0.3, -0.25) is 9.59 Å². The number of amidine groups is 1. The van der Waals surface area contributed by atoms with E-state index < -0.39 is 5.25 Å². The molecule has 118 valence electrons. The fraction of sp³-hybridized carbons (Fsp3) is 0.400. The van der Waals surface area contributed by atoms with Crippen LogP contribution >= 0.6 is 23.4 Å². The number of hydrogen-bond donors (Lipinski definition) is 1. The molecule has 0 spiro atoms. The highest BCUT2D eigenvalue weighted by Gasteiger charge is 2.32. The summed E-state index contributed by atoms with van der Waals surface area (Å²) in [6, 6.07) is 7.01. The Labute approximate surface area is 139 Å². The van der Waals surface area contributed by atoms with Crippen LogP contribution in [0, 0.1) is 0 Å². The Morgan fingerprint density at radius 3 is 2.68 bits per heavy atom. The van der Waals surface area contributed by atoms with E-state index in [4.69, 9.17) is 11.6 Å². The number of thioether (sulfide) groups is 1. The number of carbonyl (C=O) groups is 2. The molecular weight excluding hydrogens is 322 g/mol. The summed E-state index contributed by atoms with van der Waals surface area (Å²) in [5.41, 5.74) is 0.550. The zero-order valence-electron chi connectivity index (χ0n) is 12.5. The van der Waals surface area contributed by atoms with Gasteiger partial charge in [-0.15, -0.1) is 0 Å². The molecule has 1 heterocycles. The number of amides is 2. The Hall–Kier alpha value is -1.53. The molecule has 1 aromatic carbocycles. The van der Waals surface area contributed by atoms with Gasteiger partial charge >= 0.3 is 0 Å². The molecule has 0 aromatic heterocycles. The number of hydrogen-bond acceptors (Lipinski definition) is 4. The molecule has 0 bridgehead atoms. The average Bonchev–Trinajstić information content (AvgIpc) is 2.84. The predicted molar refractivity (Wildman–Crippen MR) is 91.4 cm³/mol. The Morgan fingerprint density at radius 1 is 1.36 bits per heavy atom. The van der Waals surface area contributed by atoms with Gasteiger partial charge < -0.3 is 10.2 Å². The van der Waals surface area contributed by atoms with Crippen molar-refractivity contribution in [3.8, 4) is 0 Å². The van der Waals surface area contributed by atoms with Crippen molar-refractivity contribution in [2.75, 3.05) is 18.4 Å². The quantitative estimate of drug-likeness (QED) is 0.895. The highest BCUT2D eigenvalue weighted by molar-refractivity contribution is 8.15. The lowest BCUT2D eigenvalue weighted by molar-refractivity contribution is -0.121. The average molecular weight is 340 g/mol. The van der Waals surface area contributed by atoms with Crippen LogP contribution in [0.2, 0.25) is 5.02 Å². The van der Waals surface area contributed by atoms with E-state index in [1.807, 2.05) is 18.7 Å². The summed E-state index contributed by atoms with van der Waals surface area (Å²) < 4.78 is 0. The third-order valence-electron chi connectivity index (χ3n) is 3.28. The molecule has 0 unspecified atom stereocenters. The van der Waals surface area contributed by atoms with Gasteiger partial charge in [0.25, 0.3) is 5.91 Å². The first kappa shape index (κ1) is 16.8. The van der Waals surface area contributed by atoms with Crippen LogP contribution in [0.15, 0.2) is 29.3 Å². The van der Waals surface area contributed by atoms with Crippen molar-refractivity contribution in [2.24, 2.45) is 4.99 Å². The van der Waals surface area contributed by atoms with Crippen LogP contribution < -0.4 is 5.32 Å². The smallest absolute Gasteiger partial charge is 0.262 e. The maximum Gasteiger partial charge on any atom is 0.262 e. The lowest BCUT2D eigenvalue weighted by atomic mass is 10.2. The maximum absolute atomic E-state index is 12.1. The molecule has 0 saturated carbocycles. The monoisotopic (exact) mass is 339 g/mol. The molecule has 0 aliphatic carbocycles. The largest absolute Gasteiger partial charge is 0.352 e. The molecule has 2 rings (SSSR count). The summed E-state index contributed by atoms with van der Waals surface area (Å²) in [6.07, 6.45) is 0.0863. The molecule has 22 heavy (non-hydrogen) atoms. The van der Waals surface area contributed by atoms with E-state index in [0.29, 0.717) is 15.9 Å². The van der Waals surface area contributed by atoms with E-state index >= 15 is 0 Å². The SMILES string of the molecule is CCN(CC)C1=NC(=O)[C@@H](CC(=O)Nc2ccccc2Cl)S1. The van der Waals surface area contributed by atoms with Gasteiger partial charge in [0.05, 0.1) is 10.7 Å². The normalized spacial score (nSPS) is 17.3. The fourth-order valence-corrected chi connectivity index (χ4v) is 3.45. The van der Waals surface area contributed by atoms with Crippen molar-refractivity contribution in [3.63, 3.8) is 0 Å². The Balaban J connectivity index is 1.94. The minimum absolute atomic E-state index is 0.0863. The van der Waals surface area contributed by atoms with Gasteiger partial charge in [-0.25, -0.2) is 0 Å². The van der Waals surface area contributed by atoms with Crippen LogP contribution in [-0.2, 0) is 9.59 Å². The van der Waals surface area contributed by atoms with E-state index in [1.54, 1.807) is 24.3 Å². The van der Waals surface area contributed by atoms with E-state index in [9.17, 15) is 9.59 Å². The molecule has 0 radical (unpaired) electrons. The van der Waals surface area contributed by atoms with Crippen LogP contribution in [0.25, 0.3) is 0 Å². The van der Waals surface area contributed by atoms with Crippen LogP contribution in [0.5, 0.6) is 0 Å². The van der Waals surface area contributed by atoms with Crippen molar-refractivity contribution in [1.82, 2.24) is 4.90 Å². The van der Waals surface area contributed by atoms with Gasteiger partial charge in [-0.05, 0) is 26.0 Å². The summed E-state index contributed by atoms with van der Waals surface area (Å²) in [5, 5.41) is 3.44. The highest BCUT2D eigenvalue weighted by atomic mass is 35.5. The third kappa shape index (κ3) is 4.01. The highest BCUT2D eigenvalue weighted by Crippen LogP contribution is 2.28. The first-order valence-corrected chi connectivity index (χ1v) is 8.39. The molecule has 2 amide bonds. The second kappa shape index (κ2) is 7.65. The Morgan fingerprint density at radius 2 is 2.05 bits per heavy atom. The molecule has 5 nitrogen and oxygen atoms in total. The number of nitrogens with one attached hydrogen (secondary N) is 1. The minimum atomic E-state index is -0.460. The summed E-state index contributed by atoms with van der Waals surface area (Å²) in [4.78, 5) is 30.1. The minimum Gasteiger partial charge on any atom is -0.352 e. The topological polar surface area (TPSA) is 61.8 Å². The van der Waals surface area contributed by atoms with Crippen LogP contribution in [0.1, 0.15) is 20.3 Å². The van der Waals surface area contributed by atoms with E-state index in [1.165, 1.54) is 11.8 Å². The number of benzene rings is 1. The number of anilines is 1. The van der Waals surface area contributed by atoms with E-state index in [0.717, 1.165) is 13.1 Å². The summed E-state index contributed by atoms with van der Waals surface area (Å²) in [5.74, 6) is -0.490. The van der Waals surface area contributed by atoms with Gasteiger partial charge in [0.1, 0.15) is 5.25 Å². The maximum atomic E-state index is 12.1. The fourth-order valence-electron chi connectivity index (χ4n) is 2.07. The number of carbonyl (C=O) groups excluding carboxylic acids is 2. The van der Waals surface area contributed by atoms with Gasteiger partial charge in [0.2, 0.25) is 5.91 Å². The zero-order chi connectivity index (χ0) is 16.1. The van der Waals surface area contributed by atoms with Crippen molar-refractivity contribution in [3.05, 3.63) is 29.3 Å². The van der Waals surface area contributed by atoms with E-state index in [-0.39, 0.29) is 18.2 Å². The van der Waals surface area contributed by atoms with Gasteiger partial charge in [-0.2, -0.15) is 4.99 Å². The van der Waals surface area contributed by atoms with Crippen molar-refractivity contribution in [1.29, 1.82) is 0 Å². The predicted octanol–water partition coefficient (Wildman–Crippen LogP) is 3.01. The Kier molecular flexibility index (Phi) is 5.85. The summed E-state index contributed by atoms with van der Waals surface area (Å²) >= 11 is 7.35. The van der Waals surface area contributed by atoms with Crippen LogP contribution in [-0.4, -0.2) is 40.2 Å². The zero-order valence-corrected chi connectivity index (χ0v) is 14.1. The van der Waals surface area contributed by atoms with Gasteiger partial charge in [-0.1, -0.05) is 35.5 Å². The second-order valence-corrected chi connectivity index (χ2v) is 6.32. The molecule has 1 aromatic rings. The molecule has 0 saturated heterocycles. The van der Waals surface area contributed by atoms with Gasteiger partial charge in [0.15, 0.2) is 5.17 Å². The van der Waals surface area contributed by atoms with E-state index in [2.05, 4.69) is 10.3 Å². The van der Waals surface area contributed by atoms with Crippen molar-refractivity contribution >= 4 is 46.0 Å². The number of rotatable bonds is 5. The Bertz CT molecular complexity index is 602. The second-order valence-electron chi connectivity index (χ2n) is 4.74. The standard InChI is InChI=1S/C15H18ClN3O2S/c1-3-19(4-2)15-18-14(21)12(22-15)9-13(20)17-11-8-6-5-7-10(11)16/h5-8,12H,3-4,9H2,1-2H3,(H,17,20)/t12-/m1/s1. The number of nitrogens with zero attached hydrogens (tertiary/aromatic N) is 2. The molecule has 1 aliphatic heterocycles. The lowest BCUT2D eigenvalue weighted by Gasteiger charge is -2.19. The van der Waals surface area contributed by atoms with Gasteiger partial charge in [0, 0.05) is 19.5 Å². The third-order valence-corrected chi connectivity index (χ3v) is 4.82. The molecule has 1 aliphatic rings. The lowest BCUT2D eigenvalue weighted by Crippen LogP contribution is -2.27. The van der Waals surface area contributed by atoms with Crippen LogP contribution in [0.4, 0.5) is 5.69 Å². The molecule has 1 N–H and O–H groups in total. The first-order valence-electron chi connectivity index (χ1n) is 7.13. The number of halogens is 1. The number of para-hydroxylation sites is 1. The molecular formula is C15H18ClN3O2S. The van der Waals surface area contributed by atoms with Crippen LogP contribution in [0.3, 0.4) is 0 Å². The van der Waals surface area contributed by atoms with Crippen molar-refractivity contribution in [2.45, 2.75) is 25.5 Å². The molecule has 7 heteroatoms. The molecule has 1 atom stereocenters. The summed E-state index contributed by atoms with van der Waals surface area (Å²) in [7, 11) is 0. The first-order chi connectivity index (χ1) is 10.5. The number of aliphatic imine (C=N–C) groups is 1.